The van der Waals surface area contributed by atoms with Crippen LogP contribution in [-0.2, 0) is 26.0 Å². The number of piperidine rings is 1. The lowest BCUT2D eigenvalue weighted by molar-refractivity contribution is -0.140. The second kappa shape index (κ2) is 8.26. The van der Waals surface area contributed by atoms with Crippen LogP contribution in [0.2, 0.25) is 0 Å². The summed E-state index contributed by atoms with van der Waals surface area (Å²) in [7, 11) is -3.63. The Morgan fingerprint density at radius 2 is 1.55 bits per heavy atom. The molecule has 0 atom stereocenters. The monoisotopic (exact) mass is 414 g/mol. The van der Waals surface area contributed by atoms with Gasteiger partial charge in [0.1, 0.15) is 5.72 Å². The average Bonchev–Trinajstić information content (AvgIpc) is 3.18. The van der Waals surface area contributed by atoms with Gasteiger partial charge in [-0.05, 0) is 24.1 Å². The molecule has 2 heterocycles. The Morgan fingerprint density at radius 3 is 2.21 bits per heavy atom. The summed E-state index contributed by atoms with van der Waals surface area (Å²) in [5.41, 5.74) is 0.304. The molecule has 0 saturated carbocycles. The van der Waals surface area contributed by atoms with Crippen molar-refractivity contribution < 1.29 is 17.9 Å². The van der Waals surface area contributed by atoms with Gasteiger partial charge in [0.2, 0.25) is 15.9 Å². The van der Waals surface area contributed by atoms with Gasteiger partial charge in [0, 0.05) is 38.9 Å². The normalized spacial score (nSPS) is 19.5. The van der Waals surface area contributed by atoms with Crippen molar-refractivity contribution in [2.45, 2.75) is 36.3 Å². The molecular weight excluding hydrogens is 388 g/mol. The fourth-order valence-corrected chi connectivity index (χ4v) is 5.95. The molecule has 2 aromatic rings. The molecule has 0 unspecified atom stereocenters. The summed E-state index contributed by atoms with van der Waals surface area (Å²) in [6.07, 6.45) is 2.17. The van der Waals surface area contributed by atoms with E-state index in [2.05, 4.69) is 0 Å². The van der Waals surface area contributed by atoms with Gasteiger partial charge in [-0.25, -0.2) is 8.42 Å². The zero-order valence-corrected chi connectivity index (χ0v) is 17.2. The second-order valence-corrected chi connectivity index (χ2v) is 9.41. The van der Waals surface area contributed by atoms with Gasteiger partial charge < -0.3 is 9.64 Å². The van der Waals surface area contributed by atoms with Crippen LogP contribution >= 0.6 is 0 Å². The van der Waals surface area contributed by atoms with Gasteiger partial charge in [0.25, 0.3) is 0 Å². The lowest BCUT2D eigenvalue weighted by atomic mass is 10.00. The average molecular weight is 415 g/mol. The Labute approximate surface area is 172 Å². The Hall–Kier alpha value is -2.22. The fraction of sp³-hybridized carbons (Fsp3) is 0.409. The Balaban J connectivity index is 1.40. The Morgan fingerprint density at radius 1 is 0.931 bits per heavy atom. The van der Waals surface area contributed by atoms with E-state index in [1.54, 1.807) is 30.3 Å². The first kappa shape index (κ1) is 20.1. The van der Waals surface area contributed by atoms with Crippen molar-refractivity contribution >= 4 is 15.9 Å². The predicted molar refractivity (Wildman–Crippen MR) is 110 cm³/mol. The molecule has 154 valence electrons. The van der Waals surface area contributed by atoms with E-state index in [1.807, 2.05) is 35.2 Å². The van der Waals surface area contributed by atoms with E-state index >= 15 is 0 Å². The quantitative estimate of drug-likeness (QED) is 0.754. The highest BCUT2D eigenvalue weighted by Crippen LogP contribution is 2.38. The van der Waals surface area contributed by atoms with E-state index in [1.165, 1.54) is 4.31 Å². The lowest BCUT2D eigenvalue weighted by Crippen LogP contribution is -2.55. The van der Waals surface area contributed by atoms with E-state index in [0.717, 1.165) is 5.56 Å². The minimum absolute atomic E-state index is 0.110. The van der Waals surface area contributed by atoms with Gasteiger partial charge in [-0.2, -0.15) is 4.31 Å². The molecule has 0 N–H and O–H groups in total. The summed E-state index contributed by atoms with van der Waals surface area (Å²) in [4.78, 5) is 14.7. The third kappa shape index (κ3) is 4.08. The molecule has 29 heavy (non-hydrogen) atoms. The van der Waals surface area contributed by atoms with Gasteiger partial charge in [-0.1, -0.05) is 48.5 Å². The number of hydrogen-bond donors (Lipinski definition) is 0. The number of rotatable bonds is 5. The van der Waals surface area contributed by atoms with Crippen LogP contribution in [0.3, 0.4) is 0 Å². The molecule has 0 aliphatic carbocycles. The zero-order valence-electron chi connectivity index (χ0n) is 16.4. The summed E-state index contributed by atoms with van der Waals surface area (Å²) in [5.74, 6) is 0.110. The van der Waals surface area contributed by atoms with Crippen molar-refractivity contribution in [2.75, 3.05) is 26.2 Å². The molecule has 4 rings (SSSR count). The number of carbonyl (C=O) groups excluding carboxylic acids is 1. The molecular formula is C22H26N2O4S. The summed E-state index contributed by atoms with van der Waals surface area (Å²) in [5, 5.41) is 0. The summed E-state index contributed by atoms with van der Waals surface area (Å²) >= 11 is 0. The van der Waals surface area contributed by atoms with Crippen molar-refractivity contribution in [3.8, 4) is 0 Å². The maximum Gasteiger partial charge on any atom is 0.245 e. The van der Waals surface area contributed by atoms with Gasteiger partial charge in [-0.15, -0.1) is 0 Å². The van der Waals surface area contributed by atoms with E-state index in [-0.39, 0.29) is 10.8 Å². The maximum atomic E-state index is 13.1. The summed E-state index contributed by atoms with van der Waals surface area (Å²) in [6, 6.07) is 18.4. The highest BCUT2D eigenvalue weighted by molar-refractivity contribution is 7.89. The first-order valence-corrected chi connectivity index (χ1v) is 11.5. The number of aryl methyl sites for hydroxylation is 1. The van der Waals surface area contributed by atoms with Crippen LogP contribution in [0.5, 0.6) is 0 Å². The molecule has 1 spiro atoms. The number of likely N-dealkylation sites (tertiary alicyclic amines) is 1. The van der Waals surface area contributed by atoms with Crippen LogP contribution < -0.4 is 0 Å². The molecule has 1 amide bonds. The number of sulfonamides is 1. The standard InChI is InChI=1S/C22H26N2O4S/c25-21(12-11-19-7-3-1-4-8-19)23-15-13-22(14-16-23)24(17-18-28-22)29(26,27)20-9-5-2-6-10-20/h1-10H,11-18H2. The number of ether oxygens (including phenoxy) is 1. The van der Waals surface area contributed by atoms with E-state index in [0.29, 0.717) is 51.9 Å². The lowest BCUT2D eigenvalue weighted by Gasteiger charge is -2.42. The minimum atomic E-state index is -3.63. The van der Waals surface area contributed by atoms with Crippen LogP contribution in [0.15, 0.2) is 65.6 Å². The van der Waals surface area contributed by atoms with Crippen molar-refractivity contribution in [3.63, 3.8) is 0 Å². The minimum Gasteiger partial charge on any atom is -0.358 e. The van der Waals surface area contributed by atoms with Crippen molar-refractivity contribution in [2.24, 2.45) is 0 Å². The fourth-order valence-electron chi connectivity index (χ4n) is 4.21. The van der Waals surface area contributed by atoms with Gasteiger partial charge in [0.05, 0.1) is 11.5 Å². The smallest absolute Gasteiger partial charge is 0.245 e. The van der Waals surface area contributed by atoms with Crippen molar-refractivity contribution in [1.82, 2.24) is 9.21 Å². The van der Waals surface area contributed by atoms with Gasteiger partial charge >= 0.3 is 0 Å². The topological polar surface area (TPSA) is 66.9 Å². The van der Waals surface area contributed by atoms with Crippen LogP contribution in [-0.4, -0.2) is 55.5 Å². The second-order valence-electron chi connectivity index (χ2n) is 7.55. The molecule has 0 aromatic heterocycles. The first-order chi connectivity index (χ1) is 14.0. The van der Waals surface area contributed by atoms with Crippen LogP contribution in [0.25, 0.3) is 0 Å². The Bertz CT molecular complexity index is 939. The summed E-state index contributed by atoms with van der Waals surface area (Å²) < 4.78 is 33.8. The molecule has 6 nitrogen and oxygen atoms in total. The largest absolute Gasteiger partial charge is 0.358 e. The third-order valence-corrected chi connectivity index (χ3v) is 7.78. The molecule has 0 bridgehead atoms. The molecule has 2 aliphatic heterocycles. The van der Waals surface area contributed by atoms with E-state index in [9.17, 15) is 13.2 Å². The molecule has 7 heteroatoms. The molecule has 0 radical (unpaired) electrons. The highest BCUT2D eigenvalue weighted by Gasteiger charge is 2.50. The summed E-state index contributed by atoms with van der Waals surface area (Å²) in [6.45, 7) is 1.75. The van der Waals surface area contributed by atoms with Crippen LogP contribution in [0.1, 0.15) is 24.8 Å². The van der Waals surface area contributed by atoms with E-state index < -0.39 is 15.7 Å². The Kier molecular flexibility index (Phi) is 5.72. The van der Waals surface area contributed by atoms with Crippen molar-refractivity contribution in [1.29, 1.82) is 0 Å². The number of carbonyl (C=O) groups is 1. The van der Waals surface area contributed by atoms with Crippen molar-refractivity contribution in [3.05, 3.63) is 66.2 Å². The zero-order chi connectivity index (χ0) is 20.3. The SMILES string of the molecule is O=C(CCc1ccccc1)N1CCC2(CC1)OCCN2S(=O)(=O)c1ccccc1. The van der Waals surface area contributed by atoms with Gasteiger partial charge in [-0.3, -0.25) is 4.79 Å². The molecule has 2 saturated heterocycles. The number of amides is 1. The number of hydrogen-bond acceptors (Lipinski definition) is 4. The van der Waals surface area contributed by atoms with Gasteiger partial charge in [0.15, 0.2) is 0 Å². The predicted octanol–water partition coefficient (Wildman–Crippen LogP) is 2.66. The molecule has 2 aliphatic rings. The number of benzene rings is 2. The van der Waals surface area contributed by atoms with Crippen LogP contribution in [0.4, 0.5) is 0 Å². The third-order valence-electron chi connectivity index (χ3n) is 5.82. The first-order valence-electron chi connectivity index (χ1n) is 10.0. The molecule has 2 fully saturated rings. The maximum absolute atomic E-state index is 13.1. The number of nitrogens with zero attached hydrogens (tertiary/aromatic N) is 2. The highest BCUT2D eigenvalue weighted by atomic mass is 32.2. The van der Waals surface area contributed by atoms with Crippen LogP contribution in [0, 0.1) is 0 Å². The van der Waals surface area contributed by atoms with E-state index in [4.69, 9.17) is 4.74 Å². The molecule has 2 aromatic carbocycles.